The zero-order valence-corrected chi connectivity index (χ0v) is 12.6. The van der Waals surface area contributed by atoms with Crippen LogP contribution in [0, 0.1) is 5.82 Å². The molecule has 1 saturated heterocycles. The molecule has 2 rings (SSSR count). The average Bonchev–Trinajstić information content (AvgIpc) is 2.42. The third kappa shape index (κ3) is 4.40. The van der Waals surface area contributed by atoms with Gasteiger partial charge in [0.05, 0.1) is 24.8 Å². The van der Waals surface area contributed by atoms with Crippen LogP contribution in [0.1, 0.15) is 6.42 Å². The quantitative estimate of drug-likeness (QED) is 0.866. The number of ether oxygens (including phenoxy) is 1. The number of halogens is 2. The highest BCUT2D eigenvalue weighted by Gasteiger charge is 2.26. The van der Waals surface area contributed by atoms with Crippen LogP contribution in [0.3, 0.4) is 0 Å². The van der Waals surface area contributed by atoms with Crippen molar-refractivity contribution in [2.75, 3.05) is 25.0 Å². The Morgan fingerprint density at radius 2 is 2.29 bits per heavy atom. The highest BCUT2D eigenvalue weighted by molar-refractivity contribution is 9.10. The molecule has 0 bridgehead atoms. The number of morpholine rings is 1. The Kier molecular flexibility index (Phi) is 5.13. The van der Waals surface area contributed by atoms with Gasteiger partial charge in [-0.25, -0.2) is 9.18 Å². The zero-order valence-electron chi connectivity index (χ0n) is 11.0. The van der Waals surface area contributed by atoms with E-state index in [4.69, 9.17) is 9.84 Å². The minimum atomic E-state index is -0.986. The molecule has 8 heteroatoms. The number of carboxylic acids is 1. The Balaban J connectivity index is 1.99. The van der Waals surface area contributed by atoms with Crippen LogP contribution in [0.15, 0.2) is 22.7 Å². The summed E-state index contributed by atoms with van der Waals surface area (Å²) >= 11 is 3.20. The second-order valence-electron chi connectivity index (χ2n) is 4.59. The van der Waals surface area contributed by atoms with E-state index in [1.54, 1.807) is 0 Å². The molecule has 1 heterocycles. The number of anilines is 1. The van der Waals surface area contributed by atoms with Gasteiger partial charge in [-0.3, -0.25) is 4.79 Å². The fourth-order valence-electron chi connectivity index (χ4n) is 2.01. The molecule has 0 radical (unpaired) electrons. The second-order valence-corrected chi connectivity index (χ2v) is 5.51. The Morgan fingerprint density at radius 3 is 3.00 bits per heavy atom. The predicted molar refractivity (Wildman–Crippen MR) is 76.7 cm³/mol. The smallest absolute Gasteiger partial charge is 0.322 e. The molecule has 1 aliphatic heterocycles. The van der Waals surface area contributed by atoms with Gasteiger partial charge in [-0.1, -0.05) is 15.9 Å². The molecule has 0 aromatic heterocycles. The molecule has 0 aliphatic carbocycles. The average molecular weight is 361 g/mol. The van der Waals surface area contributed by atoms with Crippen LogP contribution < -0.4 is 5.32 Å². The molecule has 21 heavy (non-hydrogen) atoms. The Hall–Kier alpha value is -1.67. The lowest BCUT2D eigenvalue weighted by molar-refractivity contribution is -0.141. The van der Waals surface area contributed by atoms with Crippen LogP contribution in [0.25, 0.3) is 0 Å². The largest absolute Gasteiger partial charge is 0.481 e. The standard InChI is InChI=1S/C13H14BrFN2O4/c14-8-1-2-10(15)11(5-8)16-13(20)17-3-4-21-9(7-17)6-12(18)19/h1-2,5,9H,3-4,6-7H2,(H,16,20)(H,18,19). The number of carboxylic acid groups (broad SMARTS) is 1. The van der Waals surface area contributed by atoms with E-state index in [0.717, 1.165) is 0 Å². The minimum absolute atomic E-state index is 0.0654. The fraction of sp³-hybridized carbons (Fsp3) is 0.385. The van der Waals surface area contributed by atoms with Gasteiger partial charge >= 0.3 is 12.0 Å². The SMILES string of the molecule is O=C(O)CC1CN(C(=O)Nc2cc(Br)ccc2F)CCO1. The van der Waals surface area contributed by atoms with E-state index in [1.165, 1.54) is 23.1 Å². The van der Waals surface area contributed by atoms with Crippen molar-refractivity contribution in [3.8, 4) is 0 Å². The van der Waals surface area contributed by atoms with Gasteiger partial charge in [0.25, 0.3) is 0 Å². The Labute approximate surface area is 129 Å². The van der Waals surface area contributed by atoms with Gasteiger partial charge in [0.1, 0.15) is 5.82 Å². The molecule has 1 atom stereocenters. The maximum Gasteiger partial charge on any atom is 0.322 e. The molecule has 1 aromatic carbocycles. The number of carbonyl (C=O) groups is 2. The molecule has 6 nitrogen and oxygen atoms in total. The van der Waals surface area contributed by atoms with Gasteiger partial charge in [0.15, 0.2) is 0 Å². The van der Waals surface area contributed by atoms with Crippen molar-refractivity contribution in [2.24, 2.45) is 0 Å². The number of rotatable bonds is 3. The maximum absolute atomic E-state index is 13.6. The third-order valence-corrected chi connectivity index (χ3v) is 3.49. The Morgan fingerprint density at radius 1 is 1.52 bits per heavy atom. The number of nitrogens with zero attached hydrogens (tertiary/aromatic N) is 1. The van der Waals surface area contributed by atoms with Crippen LogP contribution in [0.2, 0.25) is 0 Å². The minimum Gasteiger partial charge on any atom is -0.481 e. The molecule has 114 valence electrons. The molecule has 2 N–H and O–H groups in total. The number of amides is 2. The Bertz CT molecular complexity index is 555. The van der Waals surface area contributed by atoms with E-state index in [2.05, 4.69) is 21.2 Å². The molecule has 2 amide bonds. The summed E-state index contributed by atoms with van der Waals surface area (Å²) in [4.78, 5) is 24.2. The maximum atomic E-state index is 13.6. The van der Waals surface area contributed by atoms with Gasteiger partial charge in [-0.2, -0.15) is 0 Å². The first-order valence-corrected chi connectivity index (χ1v) is 7.09. The molecule has 1 unspecified atom stereocenters. The number of aliphatic carboxylic acids is 1. The monoisotopic (exact) mass is 360 g/mol. The van der Waals surface area contributed by atoms with Crippen LogP contribution >= 0.6 is 15.9 Å². The van der Waals surface area contributed by atoms with Gasteiger partial charge in [0.2, 0.25) is 0 Å². The van der Waals surface area contributed by atoms with Crippen molar-refractivity contribution in [3.63, 3.8) is 0 Å². The summed E-state index contributed by atoms with van der Waals surface area (Å²) in [6, 6.07) is 3.75. The van der Waals surface area contributed by atoms with Crippen LogP contribution in [-0.4, -0.2) is 47.8 Å². The van der Waals surface area contributed by atoms with Crippen molar-refractivity contribution in [1.29, 1.82) is 0 Å². The predicted octanol–water partition coefficient (Wildman–Crippen LogP) is 2.30. The summed E-state index contributed by atoms with van der Waals surface area (Å²) in [7, 11) is 0. The highest BCUT2D eigenvalue weighted by Crippen LogP contribution is 2.21. The number of benzene rings is 1. The van der Waals surface area contributed by atoms with Gasteiger partial charge in [-0.05, 0) is 18.2 Å². The summed E-state index contributed by atoms with van der Waals surface area (Å²) in [5, 5.41) is 11.2. The van der Waals surface area contributed by atoms with E-state index < -0.39 is 23.9 Å². The van der Waals surface area contributed by atoms with Crippen LogP contribution in [0.5, 0.6) is 0 Å². The summed E-state index contributed by atoms with van der Waals surface area (Å²) < 4.78 is 19.5. The van der Waals surface area contributed by atoms with Crippen molar-refractivity contribution in [2.45, 2.75) is 12.5 Å². The lowest BCUT2D eigenvalue weighted by Crippen LogP contribution is -2.48. The van der Waals surface area contributed by atoms with Gasteiger partial charge < -0.3 is 20.1 Å². The summed E-state index contributed by atoms with van der Waals surface area (Å²) in [6.45, 7) is 0.748. The molecule has 1 aromatic rings. The van der Waals surface area contributed by atoms with Crippen molar-refractivity contribution in [3.05, 3.63) is 28.5 Å². The molecular formula is C13H14BrFN2O4. The molecule has 0 saturated carbocycles. The topological polar surface area (TPSA) is 78.9 Å². The van der Waals surface area contributed by atoms with E-state index >= 15 is 0 Å². The number of carbonyl (C=O) groups excluding carboxylic acids is 1. The van der Waals surface area contributed by atoms with Crippen molar-refractivity contribution in [1.82, 2.24) is 4.90 Å². The second kappa shape index (κ2) is 6.86. The molecule has 1 fully saturated rings. The van der Waals surface area contributed by atoms with E-state index in [-0.39, 0.29) is 25.3 Å². The highest BCUT2D eigenvalue weighted by atomic mass is 79.9. The fourth-order valence-corrected chi connectivity index (χ4v) is 2.37. The first kappa shape index (κ1) is 15.7. The number of hydrogen-bond donors (Lipinski definition) is 2. The first-order valence-electron chi connectivity index (χ1n) is 6.30. The van der Waals surface area contributed by atoms with Crippen LogP contribution in [0.4, 0.5) is 14.9 Å². The van der Waals surface area contributed by atoms with Crippen molar-refractivity contribution >= 4 is 33.6 Å². The molecule has 0 spiro atoms. The normalized spacial score (nSPS) is 18.4. The number of hydrogen-bond acceptors (Lipinski definition) is 3. The zero-order chi connectivity index (χ0) is 15.4. The van der Waals surface area contributed by atoms with E-state index in [9.17, 15) is 14.0 Å². The lowest BCUT2D eigenvalue weighted by Gasteiger charge is -2.32. The lowest BCUT2D eigenvalue weighted by atomic mass is 10.2. The summed E-state index contributed by atoms with van der Waals surface area (Å²) in [5.74, 6) is -1.53. The van der Waals surface area contributed by atoms with E-state index in [0.29, 0.717) is 11.0 Å². The summed E-state index contributed by atoms with van der Waals surface area (Å²) in [5.41, 5.74) is 0.0654. The van der Waals surface area contributed by atoms with Gasteiger partial charge in [-0.15, -0.1) is 0 Å². The molecule has 1 aliphatic rings. The summed E-state index contributed by atoms with van der Waals surface area (Å²) in [6.07, 6.45) is -0.718. The number of urea groups is 1. The molecular weight excluding hydrogens is 347 g/mol. The van der Waals surface area contributed by atoms with E-state index in [1.807, 2.05) is 0 Å². The van der Waals surface area contributed by atoms with Crippen LogP contribution in [-0.2, 0) is 9.53 Å². The third-order valence-electron chi connectivity index (χ3n) is 3.00. The first-order chi connectivity index (χ1) is 9.95. The van der Waals surface area contributed by atoms with Gasteiger partial charge in [0, 0.05) is 17.6 Å². The van der Waals surface area contributed by atoms with Crippen molar-refractivity contribution < 1.29 is 23.8 Å². The number of nitrogens with one attached hydrogen (secondary N) is 1.